The molecule has 0 fully saturated rings. The Morgan fingerprint density at radius 3 is 2.54 bits per heavy atom. The number of nitrogens with one attached hydrogen (secondary N) is 1. The summed E-state index contributed by atoms with van der Waals surface area (Å²) in [6.45, 7) is 1.61. The van der Waals surface area contributed by atoms with Crippen LogP contribution >= 0.6 is 0 Å². The van der Waals surface area contributed by atoms with Gasteiger partial charge in [-0.25, -0.2) is 13.1 Å². The van der Waals surface area contributed by atoms with Gasteiger partial charge in [-0.3, -0.25) is 4.21 Å². The molecule has 13 heavy (non-hydrogen) atoms. The highest BCUT2D eigenvalue weighted by Crippen LogP contribution is 1.90. The Morgan fingerprint density at radius 2 is 2.15 bits per heavy atom. The number of nitriles is 1. The van der Waals surface area contributed by atoms with Crippen LogP contribution in [0.4, 0.5) is 0 Å². The van der Waals surface area contributed by atoms with Crippen LogP contribution in [0.25, 0.3) is 0 Å². The van der Waals surface area contributed by atoms with E-state index >= 15 is 0 Å². The third-order valence-corrected chi connectivity index (χ3v) is 3.36. The van der Waals surface area contributed by atoms with E-state index in [2.05, 4.69) is 4.72 Å². The molecule has 2 unspecified atom stereocenters. The van der Waals surface area contributed by atoms with Gasteiger partial charge < -0.3 is 0 Å². The van der Waals surface area contributed by atoms with Crippen LogP contribution in [0.3, 0.4) is 0 Å². The maximum absolute atomic E-state index is 11.0. The molecule has 0 spiro atoms. The Kier molecular flexibility index (Phi) is 5.13. The molecule has 0 saturated heterocycles. The number of rotatable bonds is 5. The zero-order chi connectivity index (χ0) is 10.5. The van der Waals surface area contributed by atoms with Crippen molar-refractivity contribution in [1.82, 2.24) is 4.72 Å². The summed E-state index contributed by atoms with van der Waals surface area (Å²) in [5, 5.41) is 8.17. The second-order valence-electron chi connectivity index (χ2n) is 2.68. The van der Waals surface area contributed by atoms with Crippen LogP contribution in [-0.2, 0) is 20.8 Å². The molecule has 5 nitrogen and oxygen atoms in total. The summed E-state index contributed by atoms with van der Waals surface area (Å²) >= 11 is 0. The number of hydrogen-bond donors (Lipinski definition) is 1. The van der Waals surface area contributed by atoms with Gasteiger partial charge in [0.2, 0.25) is 10.0 Å². The molecule has 2 atom stereocenters. The first-order valence-electron chi connectivity index (χ1n) is 3.54. The van der Waals surface area contributed by atoms with Gasteiger partial charge in [0.05, 0.1) is 6.07 Å². The topological polar surface area (TPSA) is 87.0 Å². The minimum absolute atomic E-state index is 0.255. The van der Waals surface area contributed by atoms with E-state index in [1.807, 2.05) is 0 Å². The average Bonchev–Trinajstić information content (AvgIpc) is 1.81. The Bertz CT molecular complexity index is 317. The van der Waals surface area contributed by atoms with Crippen molar-refractivity contribution in [3.63, 3.8) is 0 Å². The Hall–Kier alpha value is -0.450. The van der Waals surface area contributed by atoms with Crippen molar-refractivity contribution in [1.29, 1.82) is 5.26 Å². The molecule has 0 radical (unpaired) electrons. The van der Waals surface area contributed by atoms with Crippen molar-refractivity contribution in [3.8, 4) is 6.07 Å². The molecule has 0 aliphatic heterocycles. The fourth-order valence-electron chi connectivity index (χ4n) is 0.819. The summed E-state index contributed by atoms with van der Waals surface area (Å²) in [4.78, 5) is 0. The highest BCUT2D eigenvalue weighted by atomic mass is 32.2. The summed E-state index contributed by atoms with van der Waals surface area (Å²) in [6.07, 6.45) is 1.50. The lowest BCUT2D eigenvalue weighted by Crippen LogP contribution is -2.37. The Morgan fingerprint density at radius 1 is 1.62 bits per heavy atom. The SMILES string of the molecule is CC(CS(C)=O)NS(=O)(=O)CC#N. The van der Waals surface area contributed by atoms with E-state index in [0.29, 0.717) is 0 Å². The van der Waals surface area contributed by atoms with Crippen LogP contribution in [0.5, 0.6) is 0 Å². The predicted molar refractivity (Wildman–Crippen MR) is 50.9 cm³/mol. The fourth-order valence-corrected chi connectivity index (χ4v) is 2.66. The van der Waals surface area contributed by atoms with Gasteiger partial charge in [0.25, 0.3) is 0 Å². The predicted octanol–water partition coefficient (Wildman–Crippen LogP) is -0.804. The normalized spacial score (nSPS) is 16.1. The van der Waals surface area contributed by atoms with Crippen LogP contribution in [0.1, 0.15) is 6.92 Å². The molecule has 0 bridgehead atoms. The highest BCUT2D eigenvalue weighted by molar-refractivity contribution is 7.89. The Balaban J connectivity index is 4.14. The molecule has 0 aromatic heterocycles. The monoisotopic (exact) mass is 224 g/mol. The highest BCUT2D eigenvalue weighted by Gasteiger charge is 2.14. The van der Waals surface area contributed by atoms with E-state index in [1.165, 1.54) is 6.26 Å². The van der Waals surface area contributed by atoms with Gasteiger partial charge in [0.15, 0.2) is 5.75 Å². The lowest BCUT2D eigenvalue weighted by atomic mass is 10.4. The quantitative estimate of drug-likeness (QED) is 0.662. The second kappa shape index (κ2) is 5.32. The zero-order valence-electron chi connectivity index (χ0n) is 7.48. The van der Waals surface area contributed by atoms with Crippen LogP contribution in [0, 0.1) is 11.3 Å². The van der Waals surface area contributed by atoms with Crippen LogP contribution in [0.15, 0.2) is 0 Å². The van der Waals surface area contributed by atoms with E-state index in [4.69, 9.17) is 5.26 Å². The molecule has 0 rings (SSSR count). The maximum Gasteiger partial charge on any atom is 0.225 e. The van der Waals surface area contributed by atoms with Crippen molar-refractivity contribution in [2.24, 2.45) is 0 Å². The molecular weight excluding hydrogens is 212 g/mol. The van der Waals surface area contributed by atoms with Crippen molar-refractivity contribution in [2.45, 2.75) is 13.0 Å². The van der Waals surface area contributed by atoms with Crippen molar-refractivity contribution in [2.75, 3.05) is 17.8 Å². The van der Waals surface area contributed by atoms with Crippen molar-refractivity contribution < 1.29 is 12.6 Å². The Labute approximate surface area is 80.6 Å². The molecule has 0 aromatic rings. The summed E-state index contributed by atoms with van der Waals surface area (Å²) in [7, 11) is -4.57. The molecule has 0 aromatic carbocycles. The third kappa shape index (κ3) is 6.69. The summed E-state index contributed by atoms with van der Waals surface area (Å²) in [6, 6.07) is 1.14. The summed E-state index contributed by atoms with van der Waals surface area (Å²) < 4.78 is 34.9. The van der Waals surface area contributed by atoms with Crippen molar-refractivity contribution in [3.05, 3.63) is 0 Å². The lowest BCUT2D eigenvalue weighted by molar-refractivity contribution is 0.573. The molecule has 0 heterocycles. The zero-order valence-corrected chi connectivity index (χ0v) is 9.11. The van der Waals surface area contributed by atoms with Gasteiger partial charge in [-0.2, -0.15) is 5.26 Å². The fraction of sp³-hybridized carbons (Fsp3) is 0.833. The molecule has 1 N–H and O–H groups in total. The smallest absolute Gasteiger partial charge is 0.225 e. The second-order valence-corrected chi connectivity index (χ2v) is 5.91. The number of sulfonamides is 1. The van der Waals surface area contributed by atoms with Crippen molar-refractivity contribution >= 4 is 20.8 Å². The molecule has 0 saturated carbocycles. The summed E-state index contributed by atoms with van der Waals surface area (Å²) in [5.74, 6) is -0.307. The molecule has 76 valence electrons. The van der Waals surface area contributed by atoms with Gasteiger partial charge >= 0.3 is 0 Å². The standard InChI is InChI=1S/C6H12N2O3S2/c1-6(5-12(2)9)8-13(10,11)4-3-7/h6,8H,4-5H2,1-2H3. The van der Waals surface area contributed by atoms with Crippen LogP contribution < -0.4 is 4.72 Å². The maximum atomic E-state index is 11.0. The molecule has 7 heteroatoms. The van der Waals surface area contributed by atoms with Gasteiger partial charge in [-0.1, -0.05) is 0 Å². The average molecular weight is 224 g/mol. The van der Waals surface area contributed by atoms with Gasteiger partial charge in [-0.15, -0.1) is 0 Å². The number of hydrogen-bond acceptors (Lipinski definition) is 4. The molecule has 0 aliphatic rings. The minimum Gasteiger partial charge on any atom is -0.260 e. The van der Waals surface area contributed by atoms with E-state index in [0.717, 1.165) is 0 Å². The largest absolute Gasteiger partial charge is 0.260 e. The molecule has 0 aliphatic carbocycles. The number of nitrogens with zero attached hydrogens (tertiary/aromatic N) is 1. The minimum atomic E-state index is -3.52. The van der Waals surface area contributed by atoms with Crippen LogP contribution in [-0.4, -0.2) is 36.4 Å². The van der Waals surface area contributed by atoms with Gasteiger partial charge in [-0.05, 0) is 6.92 Å². The first kappa shape index (κ1) is 12.6. The lowest BCUT2D eigenvalue weighted by Gasteiger charge is -2.10. The van der Waals surface area contributed by atoms with E-state index in [9.17, 15) is 12.6 Å². The summed E-state index contributed by atoms with van der Waals surface area (Å²) in [5.41, 5.74) is 0. The first-order valence-corrected chi connectivity index (χ1v) is 6.92. The first-order chi connectivity index (χ1) is 5.87. The van der Waals surface area contributed by atoms with E-state index < -0.39 is 32.6 Å². The van der Waals surface area contributed by atoms with E-state index in [1.54, 1.807) is 13.0 Å². The molecular formula is C6H12N2O3S2. The van der Waals surface area contributed by atoms with E-state index in [-0.39, 0.29) is 5.75 Å². The van der Waals surface area contributed by atoms with Gasteiger partial charge in [0.1, 0.15) is 0 Å². The van der Waals surface area contributed by atoms with Gasteiger partial charge in [0, 0.05) is 28.9 Å². The molecule has 0 amide bonds. The third-order valence-electron chi connectivity index (χ3n) is 1.12. The van der Waals surface area contributed by atoms with Crippen LogP contribution in [0.2, 0.25) is 0 Å².